The van der Waals surface area contributed by atoms with Crippen molar-refractivity contribution in [3.8, 4) is 0 Å². The number of aliphatic hydroxyl groups is 2. The highest BCUT2D eigenvalue weighted by Crippen LogP contribution is 2.35. The van der Waals surface area contributed by atoms with Crippen LogP contribution in [0.3, 0.4) is 0 Å². The van der Waals surface area contributed by atoms with Gasteiger partial charge in [-0.3, -0.25) is 4.90 Å². The van der Waals surface area contributed by atoms with Crippen molar-refractivity contribution >= 4 is 11.6 Å². The Bertz CT molecular complexity index is 724. The molecule has 2 aromatic carbocycles. The molecule has 5 heteroatoms. The van der Waals surface area contributed by atoms with Crippen LogP contribution in [-0.2, 0) is 6.54 Å². The second kappa shape index (κ2) is 7.19. The van der Waals surface area contributed by atoms with E-state index in [4.69, 9.17) is 11.6 Å². The van der Waals surface area contributed by atoms with Gasteiger partial charge >= 0.3 is 0 Å². The summed E-state index contributed by atoms with van der Waals surface area (Å²) in [5.41, 5.74) is 3.00. The van der Waals surface area contributed by atoms with E-state index in [2.05, 4.69) is 0 Å². The number of benzene rings is 2. The van der Waals surface area contributed by atoms with Gasteiger partial charge in [0, 0.05) is 24.0 Å². The summed E-state index contributed by atoms with van der Waals surface area (Å²) in [6, 6.07) is 11.9. The van der Waals surface area contributed by atoms with Gasteiger partial charge in [0.15, 0.2) is 0 Å². The van der Waals surface area contributed by atoms with Crippen molar-refractivity contribution in [3.63, 3.8) is 0 Å². The molecule has 1 fully saturated rings. The molecule has 24 heavy (non-hydrogen) atoms. The number of hydrogen-bond donors (Lipinski definition) is 2. The van der Waals surface area contributed by atoms with Gasteiger partial charge in [0.1, 0.15) is 5.82 Å². The number of halogens is 2. The van der Waals surface area contributed by atoms with Crippen LogP contribution in [-0.4, -0.2) is 40.4 Å². The van der Waals surface area contributed by atoms with Gasteiger partial charge in [0.2, 0.25) is 0 Å². The summed E-state index contributed by atoms with van der Waals surface area (Å²) in [4.78, 5) is 2.01. The van der Waals surface area contributed by atoms with Crippen molar-refractivity contribution in [3.05, 3.63) is 70.0 Å². The fourth-order valence-corrected chi connectivity index (χ4v) is 3.77. The summed E-state index contributed by atoms with van der Waals surface area (Å²) < 4.78 is 13.2. The van der Waals surface area contributed by atoms with E-state index in [-0.39, 0.29) is 24.4 Å². The third kappa shape index (κ3) is 3.33. The number of aryl methyl sites for hydroxylation is 1. The fraction of sp³-hybridized carbons (Fsp3) is 0.368. The quantitative estimate of drug-likeness (QED) is 0.891. The van der Waals surface area contributed by atoms with E-state index in [0.29, 0.717) is 18.1 Å². The van der Waals surface area contributed by atoms with Gasteiger partial charge in [-0.05, 0) is 35.7 Å². The maximum absolute atomic E-state index is 13.2. The summed E-state index contributed by atoms with van der Waals surface area (Å²) >= 11 is 6.12. The highest BCUT2D eigenvalue weighted by atomic mass is 35.5. The van der Waals surface area contributed by atoms with Crippen molar-refractivity contribution in [2.24, 2.45) is 0 Å². The number of rotatable bonds is 4. The normalized spacial score (nSPS) is 24.5. The molecular formula is C19H21ClFNO2. The van der Waals surface area contributed by atoms with Crippen molar-refractivity contribution in [2.45, 2.75) is 31.5 Å². The molecule has 0 aliphatic carbocycles. The first-order valence-corrected chi connectivity index (χ1v) is 8.41. The predicted molar refractivity (Wildman–Crippen MR) is 92.6 cm³/mol. The highest BCUT2D eigenvalue weighted by molar-refractivity contribution is 6.31. The van der Waals surface area contributed by atoms with E-state index in [0.717, 1.165) is 16.7 Å². The Morgan fingerprint density at radius 2 is 2.00 bits per heavy atom. The van der Waals surface area contributed by atoms with Crippen molar-refractivity contribution in [1.29, 1.82) is 0 Å². The van der Waals surface area contributed by atoms with Crippen LogP contribution in [0.5, 0.6) is 0 Å². The Labute approximate surface area is 146 Å². The molecular weight excluding hydrogens is 329 g/mol. The van der Waals surface area contributed by atoms with Gasteiger partial charge in [0.25, 0.3) is 0 Å². The van der Waals surface area contributed by atoms with Gasteiger partial charge in [-0.1, -0.05) is 41.9 Å². The summed E-state index contributed by atoms with van der Waals surface area (Å²) in [6.07, 6.45) is -0.657. The van der Waals surface area contributed by atoms with Crippen LogP contribution >= 0.6 is 11.6 Å². The van der Waals surface area contributed by atoms with E-state index in [1.165, 1.54) is 12.1 Å². The molecule has 0 radical (unpaired) electrons. The average Bonchev–Trinajstić information content (AvgIpc) is 2.86. The molecule has 3 rings (SSSR count). The highest BCUT2D eigenvalue weighted by Gasteiger charge is 2.41. The summed E-state index contributed by atoms with van der Waals surface area (Å²) in [5, 5.41) is 20.8. The third-order valence-corrected chi connectivity index (χ3v) is 5.22. The standard InChI is InChI=1S/C19H21ClFNO2/c1-12-4-2-3-5-15(12)16-10-22(18(11-23)19(16)24)9-13-6-7-14(21)8-17(13)20/h2-8,16,18-19,23-24H,9-11H2,1H3/t16-,18-,19-/m1/s1. The molecule has 0 aromatic heterocycles. The lowest BCUT2D eigenvalue weighted by Gasteiger charge is -2.24. The third-order valence-electron chi connectivity index (χ3n) is 4.87. The van der Waals surface area contributed by atoms with Gasteiger partial charge < -0.3 is 10.2 Å². The SMILES string of the molecule is Cc1ccccc1[C@H]1CN(Cc2ccc(F)cc2Cl)[C@H](CO)[C@@H]1O. The molecule has 1 heterocycles. The number of likely N-dealkylation sites (tertiary alicyclic amines) is 1. The van der Waals surface area contributed by atoms with Crippen molar-refractivity contribution in [2.75, 3.05) is 13.2 Å². The van der Waals surface area contributed by atoms with Gasteiger partial charge in [-0.15, -0.1) is 0 Å². The molecule has 0 bridgehead atoms. The van der Waals surface area contributed by atoms with Gasteiger partial charge in [0.05, 0.1) is 18.8 Å². The largest absolute Gasteiger partial charge is 0.395 e. The minimum Gasteiger partial charge on any atom is -0.395 e. The molecule has 1 aliphatic heterocycles. The first-order chi connectivity index (χ1) is 11.5. The average molecular weight is 350 g/mol. The molecule has 3 nitrogen and oxygen atoms in total. The molecule has 2 N–H and O–H groups in total. The molecule has 0 spiro atoms. The van der Waals surface area contributed by atoms with Crippen LogP contribution in [0.15, 0.2) is 42.5 Å². The van der Waals surface area contributed by atoms with Gasteiger partial charge in [-0.2, -0.15) is 0 Å². The maximum Gasteiger partial charge on any atom is 0.124 e. The molecule has 2 aromatic rings. The van der Waals surface area contributed by atoms with Crippen LogP contribution < -0.4 is 0 Å². The van der Waals surface area contributed by atoms with Crippen LogP contribution in [0.4, 0.5) is 4.39 Å². The Balaban J connectivity index is 1.85. The van der Waals surface area contributed by atoms with Crippen LogP contribution in [0.1, 0.15) is 22.6 Å². The Morgan fingerprint density at radius 3 is 2.67 bits per heavy atom. The van der Waals surface area contributed by atoms with Crippen molar-refractivity contribution in [1.82, 2.24) is 4.90 Å². The lowest BCUT2D eigenvalue weighted by molar-refractivity contribution is 0.0640. The minimum atomic E-state index is -0.657. The van der Waals surface area contributed by atoms with Crippen LogP contribution in [0.25, 0.3) is 0 Å². The maximum atomic E-state index is 13.2. The zero-order valence-electron chi connectivity index (χ0n) is 13.5. The molecule has 1 saturated heterocycles. The Hall–Kier alpha value is -1.46. The lowest BCUT2D eigenvalue weighted by Crippen LogP contribution is -2.38. The first-order valence-electron chi connectivity index (χ1n) is 8.03. The summed E-state index contributed by atoms with van der Waals surface area (Å²) in [5.74, 6) is -0.440. The molecule has 3 atom stereocenters. The number of hydrogen-bond acceptors (Lipinski definition) is 3. The van der Waals surface area contributed by atoms with E-state index >= 15 is 0 Å². The van der Waals surface area contributed by atoms with Crippen molar-refractivity contribution < 1.29 is 14.6 Å². The monoisotopic (exact) mass is 349 g/mol. The van der Waals surface area contributed by atoms with E-state index < -0.39 is 6.10 Å². The summed E-state index contributed by atoms with van der Waals surface area (Å²) in [7, 11) is 0. The molecule has 1 aliphatic rings. The Kier molecular flexibility index (Phi) is 5.21. The molecule has 0 amide bonds. The number of aliphatic hydroxyl groups excluding tert-OH is 2. The summed E-state index contributed by atoms with van der Waals surface area (Å²) in [6.45, 7) is 2.96. The number of nitrogens with zero attached hydrogens (tertiary/aromatic N) is 1. The second-order valence-electron chi connectivity index (χ2n) is 6.37. The molecule has 0 unspecified atom stereocenters. The lowest BCUT2D eigenvalue weighted by atomic mass is 9.90. The fourth-order valence-electron chi connectivity index (χ4n) is 3.54. The van der Waals surface area contributed by atoms with Gasteiger partial charge in [-0.25, -0.2) is 4.39 Å². The topological polar surface area (TPSA) is 43.7 Å². The van der Waals surface area contributed by atoms with E-state index in [1.807, 2.05) is 36.1 Å². The first kappa shape index (κ1) is 17.4. The molecule has 128 valence electrons. The minimum absolute atomic E-state index is 0.0671. The van der Waals surface area contributed by atoms with E-state index in [9.17, 15) is 14.6 Å². The smallest absolute Gasteiger partial charge is 0.124 e. The van der Waals surface area contributed by atoms with Crippen LogP contribution in [0, 0.1) is 12.7 Å². The van der Waals surface area contributed by atoms with E-state index in [1.54, 1.807) is 6.07 Å². The zero-order chi connectivity index (χ0) is 17.3. The Morgan fingerprint density at radius 1 is 1.25 bits per heavy atom. The van der Waals surface area contributed by atoms with Crippen LogP contribution in [0.2, 0.25) is 5.02 Å². The predicted octanol–water partition coefficient (Wildman–Crippen LogP) is 3.11. The molecule has 0 saturated carbocycles. The zero-order valence-corrected chi connectivity index (χ0v) is 14.2. The second-order valence-corrected chi connectivity index (χ2v) is 6.78.